The van der Waals surface area contributed by atoms with Crippen molar-refractivity contribution in [1.82, 2.24) is 15.2 Å². The maximum Gasteiger partial charge on any atom is 0.289 e. The molecule has 0 radical (unpaired) electrons. The molecule has 8 heteroatoms. The number of rotatable bonds is 1. The molecule has 2 aromatic heterocycles. The van der Waals surface area contributed by atoms with Crippen LogP contribution in [-0.2, 0) is 0 Å². The van der Waals surface area contributed by atoms with E-state index in [-0.39, 0.29) is 16.6 Å². The third kappa shape index (κ3) is 1.34. The number of fused-ring (bicyclic) bond motifs is 1. The van der Waals surface area contributed by atoms with E-state index in [0.29, 0.717) is 0 Å². The van der Waals surface area contributed by atoms with Crippen molar-refractivity contribution < 1.29 is 0 Å². The topological polar surface area (TPSA) is 127 Å². The van der Waals surface area contributed by atoms with Gasteiger partial charge in [0.15, 0.2) is 0 Å². The van der Waals surface area contributed by atoms with Gasteiger partial charge >= 0.3 is 0 Å². The highest BCUT2D eigenvalue weighted by atomic mass is 16.1. The predicted octanol–water partition coefficient (Wildman–Crippen LogP) is 0.553. The molecule has 2 N–H and O–H groups in total. The van der Waals surface area contributed by atoms with Crippen LogP contribution in [0.5, 0.6) is 0 Å². The van der Waals surface area contributed by atoms with Crippen molar-refractivity contribution in [2.45, 2.75) is 0 Å². The number of H-pyrrole nitrogens is 2. The normalized spacial score (nSPS) is 9.87. The minimum Gasteiger partial charge on any atom is -0.267 e. The van der Waals surface area contributed by atoms with Crippen molar-refractivity contribution >= 4 is 16.6 Å². The molecule has 8 nitrogen and oxygen atoms in total. The van der Waals surface area contributed by atoms with E-state index in [2.05, 4.69) is 25.2 Å². The van der Waals surface area contributed by atoms with E-state index in [1.807, 2.05) is 0 Å². The fourth-order valence-corrected chi connectivity index (χ4v) is 1.21. The summed E-state index contributed by atoms with van der Waals surface area (Å²) in [5.74, 6) is 0. The maximum absolute atomic E-state index is 11.4. The second-order valence-electron chi connectivity index (χ2n) is 2.65. The SMILES string of the molecule is [N-]=[N+]=Nc1ccnc2c(=O)[nH][nH]c(=O)c12. The molecule has 0 aliphatic heterocycles. The van der Waals surface area contributed by atoms with E-state index >= 15 is 0 Å². The molecule has 15 heavy (non-hydrogen) atoms. The molecule has 0 saturated heterocycles. The molecule has 0 aliphatic rings. The van der Waals surface area contributed by atoms with Gasteiger partial charge in [-0.2, -0.15) is 0 Å². The number of hydrogen-bond acceptors (Lipinski definition) is 4. The van der Waals surface area contributed by atoms with E-state index in [0.717, 1.165) is 0 Å². The smallest absolute Gasteiger partial charge is 0.267 e. The van der Waals surface area contributed by atoms with Crippen LogP contribution in [0.3, 0.4) is 0 Å². The Hall–Kier alpha value is -2.60. The summed E-state index contributed by atoms with van der Waals surface area (Å²) in [6.07, 6.45) is 1.29. The fraction of sp³-hybridized carbons (Fsp3) is 0. The Labute approximate surface area is 81.2 Å². The van der Waals surface area contributed by atoms with E-state index in [4.69, 9.17) is 5.53 Å². The van der Waals surface area contributed by atoms with Gasteiger partial charge in [0, 0.05) is 11.1 Å². The summed E-state index contributed by atoms with van der Waals surface area (Å²) >= 11 is 0. The predicted molar refractivity (Wildman–Crippen MR) is 51.8 cm³/mol. The van der Waals surface area contributed by atoms with E-state index in [1.54, 1.807) is 0 Å². The van der Waals surface area contributed by atoms with Crippen molar-refractivity contribution in [2.24, 2.45) is 5.11 Å². The molecule has 0 saturated carbocycles. The highest BCUT2D eigenvalue weighted by Crippen LogP contribution is 2.17. The average molecular weight is 204 g/mol. The molecule has 74 valence electrons. The van der Waals surface area contributed by atoms with Crippen LogP contribution in [0.1, 0.15) is 0 Å². The lowest BCUT2D eigenvalue weighted by molar-refractivity contribution is 0.969. The van der Waals surface area contributed by atoms with Gasteiger partial charge in [-0.05, 0) is 11.6 Å². The van der Waals surface area contributed by atoms with Gasteiger partial charge < -0.3 is 0 Å². The van der Waals surface area contributed by atoms with Crippen LogP contribution in [0.2, 0.25) is 0 Å². The average Bonchev–Trinajstić information content (AvgIpc) is 2.24. The summed E-state index contributed by atoms with van der Waals surface area (Å²) in [6, 6.07) is 1.36. The molecular weight excluding hydrogens is 200 g/mol. The fourth-order valence-electron chi connectivity index (χ4n) is 1.21. The molecule has 0 amide bonds. The molecule has 0 spiro atoms. The summed E-state index contributed by atoms with van der Waals surface area (Å²) in [5, 5.41) is 7.54. The van der Waals surface area contributed by atoms with E-state index in [9.17, 15) is 9.59 Å². The molecule has 0 fully saturated rings. The zero-order valence-electron chi connectivity index (χ0n) is 7.26. The number of pyridine rings is 1. The van der Waals surface area contributed by atoms with Crippen LogP contribution in [0.4, 0.5) is 5.69 Å². The van der Waals surface area contributed by atoms with Crippen LogP contribution in [-0.4, -0.2) is 15.2 Å². The van der Waals surface area contributed by atoms with E-state index < -0.39 is 11.1 Å². The van der Waals surface area contributed by atoms with Gasteiger partial charge in [-0.15, -0.1) is 0 Å². The Bertz CT molecular complexity index is 678. The second kappa shape index (κ2) is 3.28. The highest BCUT2D eigenvalue weighted by molar-refractivity contribution is 5.87. The van der Waals surface area contributed by atoms with Crippen molar-refractivity contribution in [3.8, 4) is 0 Å². The van der Waals surface area contributed by atoms with Gasteiger partial charge in [0.1, 0.15) is 5.52 Å². The molecule has 0 bridgehead atoms. The first kappa shape index (κ1) is 8.97. The number of nitrogens with zero attached hydrogens (tertiary/aromatic N) is 4. The Morgan fingerprint density at radius 3 is 2.80 bits per heavy atom. The Balaban J connectivity index is 3.10. The number of azide groups is 1. The minimum atomic E-state index is -0.555. The van der Waals surface area contributed by atoms with Crippen LogP contribution in [0.25, 0.3) is 21.3 Å². The quantitative estimate of drug-likeness (QED) is 0.400. The molecule has 0 aromatic carbocycles. The molecule has 0 unspecified atom stereocenters. The largest absolute Gasteiger partial charge is 0.289 e. The minimum absolute atomic E-state index is 0.0148. The van der Waals surface area contributed by atoms with Gasteiger partial charge in [0.25, 0.3) is 11.1 Å². The summed E-state index contributed by atoms with van der Waals surface area (Å²) in [5.41, 5.74) is 7.21. The van der Waals surface area contributed by atoms with E-state index in [1.165, 1.54) is 12.3 Å². The second-order valence-corrected chi connectivity index (χ2v) is 2.65. The molecule has 0 atom stereocenters. The molecule has 2 aromatic rings. The van der Waals surface area contributed by atoms with Crippen molar-refractivity contribution in [2.75, 3.05) is 0 Å². The highest BCUT2D eigenvalue weighted by Gasteiger charge is 2.07. The van der Waals surface area contributed by atoms with Crippen molar-refractivity contribution in [3.05, 3.63) is 43.4 Å². The van der Waals surface area contributed by atoms with Gasteiger partial charge in [-0.25, -0.2) is 0 Å². The van der Waals surface area contributed by atoms with Gasteiger partial charge in [-0.1, -0.05) is 5.11 Å². The van der Waals surface area contributed by atoms with Crippen molar-refractivity contribution in [3.63, 3.8) is 0 Å². The lowest BCUT2D eigenvalue weighted by Gasteiger charge is -1.96. The van der Waals surface area contributed by atoms with Crippen LogP contribution in [0, 0.1) is 0 Å². The number of aromatic nitrogens is 3. The summed E-state index contributed by atoms with van der Waals surface area (Å²) in [7, 11) is 0. The van der Waals surface area contributed by atoms with Crippen LogP contribution < -0.4 is 11.1 Å². The number of aromatic amines is 2. The summed E-state index contributed by atoms with van der Waals surface area (Å²) in [6.45, 7) is 0. The zero-order chi connectivity index (χ0) is 10.8. The maximum atomic E-state index is 11.4. The third-order valence-electron chi connectivity index (χ3n) is 1.81. The first-order valence-electron chi connectivity index (χ1n) is 3.89. The van der Waals surface area contributed by atoms with Gasteiger partial charge in [0.05, 0.1) is 11.1 Å². The third-order valence-corrected chi connectivity index (χ3v) is 1.81. The number of hydrogen-bond donors (Lipinski definition) is 2. The zero-order valence-corrected chi connectivity index (χ0v) is 7.26. The van der Waals surface area contributed by atoms with Gasteiger partial charge in [-0.3, -0.25) is 24.8 Å². The van der Waals surface area contributed by atoms with Gasteiger partial charge in [0.2, 0.25) is 0 Å². The monoisotopic (exact) mass is 204 g/mol. The molecule has 2 heterocycles. The Morgan fingerprint density at radius 2 is 2.07 bits per heavy atom. The molecular formula is C7H4N6O2. The first-order valence-corrected chi connectivity index (χ1v) is 3.89. The standard InChI is InChI=1S/C7H4N6O2/c8-13-10-3-1-2-9-5-4(3)6(14)11-12-7(5)15/h1-2H,(H,11,14)(H,12,15). The molecule has 0 aliphatic carbocycles. The number of nitrogens with one attached hydrogen (secondary N) is 2. The van der Waals surface area contributed by atoms with Crippen LogP contribution >= 0.6 is 0 Å². The lowest BCUT2D eigenvalue weighted by Crippen LogP contribution is -2.19. The lowest BCUT2D eigenvalue weighted by atomic mass is 10.2. The summed E-state index contributed by atoms with van der Waals surface area (Å²) < 4.78 is 0. The first-order chi connectivity index (χ1) is 7.24. The van der Waals surface area contributed by atoms with Crippen LogP contribution in [0.15, 0.2) is 27.0 Å². The Morgan fingerprint density at radius 1 is 1.33 bits per heavy atom. The van der Waals surface area contributed by atoms with Crippen molar-refractivity contribution in [1.29, 1.82) is 0 Å². The Kier molecular flexibility index (Phi) is 1.96. The summed E-state index contributed by atoms with van der Waals surface area (Å²) in [4.78, 5) is 28.9. The molecule has 2 rings (SSSR count).